The highest BCUT2D eigenvalue weighted by Crippen LogP contribution is 2.33. The molecular formula is C21H21N5OS. The van der Waals surface area contributed by atoms with E-state index in [4.69, 9.17) is 0 Å². The van der Waals surface area contributed by atoms with Crippen LogP contribution >= 0.6 is 11.3 Å². The Morgan fingerprint density at radius 2 is 1.86 bits per heavy atom. The summed E-state index contributed by atoms with van der Waals surface area (Å²) in [5.41, 5.74) is 2.59. The van der Waals surface area contributed by atoms with Crippen LogP contribution in [0.4, 0.5) is 0 Å². The zero-order valence-electron chi connectivity index (χ0n) is 15.4. The molecule has 2 fully saturated rings. The van der Waals surface area contributed by atoms with Crippen molar-refractivity contribution in [3.05, 3.63) is 65.6 Å². The fourth-order valence-corrected chi connectivity index (χ4v) is 5.04. The van der Waals surface area contributed by atoms with Crippen molar-refractivity contribution in [1.82, 2.24) is 24.8 Å². The van der Waals surface area contributed by atoms with E-state index in [0.717, 1.165) is 37.7 Å². The summed E-state index contributed by atoms with van der Waals surface area (Å²) in [5.74, 6) is 1.16. The van der Waals surface area contributed by atoms with Gasteiger partial charge in [-0.3, -0.25) is 19.7 Å². The smallest absolute Gasteiger partial charge is 0.273 e. The summed E-state index contributed by atoms with van der Waals surface area (Å²) in [7, 11) is 0. The number of amides is 1. The van der Waals surface area contributed by atoms with Crippen molar-refractivity contribution in [1.29, 1.82) is 0 Å². The molecule has 2 atom stereocenters. The monoisotopic (exact) mass is 391 g/mol. The number of hydrogen-bond acceptors (Lipinski definition) is 6. The second-order valence-corrected chi connectivity index (χ2v) is 8.40. The molecule has 28 heavy (non-hydrogen) atoms. The first-order valence-electron chi connectivity index (χ1n) is 9.54. The Bertz CT molecular complexity index is 947. The van der Waals surface area contributed by atoms with Crippen molar-refractivity contribution < 1.29 is 4.79 Å². The molecule has 2 aliphatic heterocycles. The zero-order chi connectivity index (χ0) is 18.9. The number of rotatable bonds is 4. The molecule has 3 aromatic rings. The number of fused-ring (bicyclic) bond motifs is 1. The van der Waals surface area contributed by atoms with E-state index in [2.05, 4.69) is 50.2 Å². The third-order valence-electron chi connectivity index (χ3n) is 5.60. The lowest BCUT2D eigenvalue weighted by atomic mass is 10.0. The number of carbonyl (C=O) groups is 1. The van der Waals surface area contributed by atoms with Gasteiger partial charge in [-0.1, -0.05) is 30.3 Å². The van der Waals surface area contributed by atoms with Gasteiger partial charge in [-0.15, -0.1) is 11.3 Å². The Morgan fingerprint density at radius 3 is 2.57 bits per heavy atom. The highest BCUT2D eigenvalue weighted by molar-refractivity contribution is 7.13. The molecule has 2 aliphatic rings. The second kappa shape index (κ2) is 7.41. The second-order valence-electron chi connectivity index (χ2n) is 7.54. The molecule has 2 aromatic heterocycles. The minimum atomic E-state index is 0.0374. The summed E-state index contributed by atoms with van der Waals surface area (Å²) in [4.78, 5) is 30.2. The average Bonchev–Trinajstić information content (AvgIpc) is 3.44. The maximum absolute atomic E-state index is 12.9. The summed E-state index contributed by atoms with van der Waals surface area (Å²) in [6.45, 7) is 4.77. The summed E-state index contributed by atoms with van der Waals surface area (Å²) < 4.78 is 0. The van der Waals surface area contributed by atoms with E-state index in [1.54, 1.807) is 18.6 Å². The lowest BCUT2D eigenvalue weighted by Gasteiger charge is -2.21. The highest BCUT2D eigenvalue weighted by atomic mass is 32.1. The van der Waals surface area contributed by atoms with Gasteiger partial charge in [-0.2, -0.15) is 0 Å². The third-order valence-corrected chi connectivity index (χ3v) is 6.47. The van der Waals surface area contributed by atoms with Crippen molar-refractivity contribution in [2.75, 3.05) is 26.2 Å². The van der Waals surface area contributed by atoms with E-state index >= 15 is 0 Å². The van der Waals surface area contributed by atoms with Crippen LogP contribution in [0.5, 0.6) is 0 Å². The summed E-state index contributed by atoms with van der Waals surface area (Å²) >= 11 is 1.44. The predicted molar refractivity (Wildman–Crippen MR) is 108 cm³/mol. The van der Waals surface area contributed by atoms with Gasteiger partial charge in [-0.25, -0.2) is 4.98 Å². The van der Waals surface area contributed by atoms with Crippen LogP contribution in [0.1, 0.15) is 16.1 Å². The minimum absolute atomic E-state index is 0.0374. The van der Waals surface area contributed by atoms with Crippen LogP contribution in [-0.2, 0) is 6.54 Å². The summed E-state index contributed by atoms with van der Waals surface area (Å²) in [6, 6.07) is 10.6. The van der Waals surface area contributed by atoms with Crippen molar-refractivity contribution in [2.24, 2.45) is 11.8 Å². The normalized spacial score (nSPS) is 21.8. The van der Waals surface area contributed by atoms with Gasteiger partial charge in [-0.05, 0) is 17.4 Å². The number of carbonyl (C=O) groups excluding carboxylic acids is 1. The van der Waals surface area contributed by atoms with Crippen molar-refractivity contribution in [2.45, 2.75) is 6.54 Å². The lowest BCUT2D eigenvalue weighted by molar-refractivity contribution is 0.0768. The molecule has 1 amide bonds. The lowest BCUT2D eigenvalue weighted by Crippen LogP contribution is -2.33. The minimum Gasteiger partial charge on any atom is -0.337 e. The van der Waals surface area contributed by atoms with Gasteiger partial charge in [0, 0.05) is 50.5 Å². The van der Waals surface area contributed by atoms with Gasteiger partial charge < -0.3 is 4.90 Å². The van der Waals surface area contributed by atoms with Crippen LogP contribution in [0.2, 0.25) is 0 Å². The number of likely N-dealkylation sites (tertiary alicyclic amines) is 2. The Kier molecular flexibility index (Phi) is 4.62. The molecule has 0 radical (unpaired) electrons. The fourth-order valence-electron chi connectivity index (χ4n) is 4.29. The van der Waals surface area contributed by atoms with Gasteiger partial charge in [0.2, 0.25) is 0 Å². The predicted octanol–water partition coefficient (Wildman–Crippen LogP) is 2.80. The molecule has 0 aliphatic carbocycles. The number of aromatic nitrogens is 3. The molecule has 7 heteroatoms. The maximum Gasteiger partial charge on any atom is 0.273 e. The highest BCUT2D eigenvalue weighted by Gasteiger charge is 2.41. The van der Waals surface area contributed by atoms with Crippen molar-refractivity contribution in [3.8, 4) is 10.7 Å². The SMILES string of the molecule is O=C(c1csc(-c2cnccn2)n1)N1C[C@H]2CN(Cc3ccccc3)C[C@H]2C1. The Labute approximate surface area is 167 Å². The van der Waals surface area contributed by atoms with Crippen molar-refractivity contribution in [3.63, 3.8) is 0 Å². The molecule has 0 saturated carbocycles. The zero-order valence-corrected chi connectivity index (χ0v) is 16.3. The molecule has 142 valence electrons. The first kappa shape index (κ1) is 17.5. The van der Waals surface area contributed by atoms with Gasteiger partial charge in [0.1, 0.15) is 16.4 Å². The molecule has 0 unspecified atom stereocenters. The van der Waals surface area contributed by atoms with Crippen LogP contribution < -0.4 is 0 Å². The van der Waals surface area contributed by atoms with Gasteiger partial charge in [0.05, 0.1) is 6.20 Å². The molecule has 0 spiro atoms. The first-order chi connectivity index (χ1) is 13.8. The first-order valence-corrected chi connectivity index (χ1v) is 10.4. The molecule has 2 saturated heterocycles. The van der Waals surface area contributed by atoms with E-state index in [1.165, 1.54) is 16.9 Å². The van der Waals surface area contributed by atoms with Crippen LogP contribution in [0.25, 0.3) is 10.7 Å². The van der Waals surface area contributed by atoms with E-state index in [1.807, 2.05) is 10.3 Å². The standard InChI is InChI=1S/C21H21N5OS/c27-21(19-14-28-20(24-19)18-8-22-6-7-23-18)26-12-16-10-25(11-17(16)13-26)9-15-4-2-1-3-5-15/h1-8,14,16-17H,9-13H2/t16-,17+. The number of thiazole rings is 1. The molecule has 0 N–H and O–H groups in total. The number of benzene rings is 1. The van der Waals surface area contributed by atoms with Gasteiger partial charge in [0.15, 0.2) is 0 Å². The third kappa shape index (κ3) is 3.43. The van der Waals surface area contributed by atoms with Crippen LogP contribution in [-0.4, -0.2) is 56.8 Å². The quantitative estimate of drug-likeness (QED) is 0.684. The fraction of sp³-hybridized carbons (Fsp3) is 0.333. The maximum atomic E-state index is 12.9. The van der Waals surface area contributed by atoms with Crippen molar-refractivity contribution >= 4 is 17.2 Å². The van der Waals surface area contributed by atoms with Gasteiger partial charge >= 0.3 is 0 Å². The molecular weight excluding hydrogens is 370 g/mol. The molecule has 4 heterocycles. The molecule has 5 rings (SSSR count). The van der Waals surface area contributed by atoms with Gasteiger partial charge in [0.25, 0.3) is 5.91 Å². The number of hydrogen-bond donors (Lipinski definition) is 0. The average molecular weight is 392 g/mol. The Balaban J connectivity index is 1.21. The summed E-state index contributed by atoms with van der Waals surface area (Å²) in [5, 5.41) is 2.58. The largest absolute Gasteiger partial charge is 0.337 e. The van der Waals surface area contributed by atoms with Crippen LogP contribution in [0, 0.1) is 11.8 Å². The van der Waals surface area contributed by atoms with Crippen LogP contribution in [0.15, 0.2) is 54.3 Å². The Morgan fingerprint density at radius 1 is 1.07 bits per heavy atom. The van der Waals surface area contributed by atoms with E-state index < -0.39 is 0 Å². The molecule has 0 bridgehead atoms. The Hall–Kier alpha value is -2.64. The van der Waals surface area contributed by atoms with E-state index in [-0.39, 0.29) is 5.91 Å². The van der Waals surface area contributed by atoms with E-state index in [0.29, 0.717) is 23.2 Å². The molecule has 6 nitrogen and oxygen atoms in total. The summed E-state index contributed by atoms with van der Waals surface area (Å²) in [6.07, 6.45) is 4.95. The number of nitrogens with zero attached hydrogens (tertiary/aromatic N) is 5. The van der Waals surface area contributed by atoms with E-state index in [9.17, 15) is 4.79 Å². The van der Waals surface area contributed by atoms with Crippen LogP contribution in [0.3, 0.4) is 0 Å². The topological polar surface area (TPSA) is 62.2 Å². The molecule has 1 aromatic carbocycles.